The van der Waals surface area contributed by atoms with Crippen molar-refractivity contribution in [2.45, 2.75) is 45.1 Å². The lowest BCUT2D eigenvalue weighted by Crippen LogP contribution is -2.44. The van der Waals surface area contributed by atoms with Gasteiger partial charge in [-0.25, -0.2) is 0 Å². The fourth-order valence-corrected chi connectivity index (χ4v) is 2.74. The Morgan fingerprint density at radius 2 is 1.86 bits per heavy atom. The molecule has 0 aliphatic heterocycles. The molecule has 1 amide bonds. The van der Waals surface area contributed by atoms with Crippen LogP contribution in [0.4, 0.5) is 0 Å². The predicted molar refractivity (Wildman–Crippen MR) is 91.0 cm³/mol. The van der Waals surface area contributed by atoms with Gasteiger partial charge < -0.3 is 5.32 Å². The van der Waals surface area contributed by atoms with E-state index >= 15 is 0 Å². The van der Waals surface area contributed by atoms with E-state index in [1.807, 2.05) is 31.2 Å². The van der Waals surface area contributed by atoms with Crippen LogP contribution in [0.15, 0.2) is 30.3 Å². The van der Waals surface area contributed by atoms with Crippen molar-refractivity contribution in [2.75, 3.05) is 0 Å². The van der Waals surface area contributed by atoms with Crippen LogP contribution < -0.4 is 10.6 Å². The highest BCUT2D eigenvalue weighted by molar-refractivity contribution is 7.80. The third-order valence-electron chi connectivity index (χ3n) is 3.68. The topological polar surface area (TPSA) is 41.1 Å². The molecule has 0 spiro atoms. The SMILES string of the molecule is Cc1ccc(/C=C/C(=O)NC(=S)NC2CCCCC2)cc1. The van der Waals surface area contributed by atoms with Gasteiger partial charge in [-0.2, -0.15) is 0 Å². The molecular formula is C17H22N2OS. The first-order valence-corrected chi connectivity index (χ1v) is 7.90. The molecular weight excluding hydrogens is 280 g/mol. The van der Waals surface area contributed by atoms with Crippen molar-refractivity contribution in [3.8, 4) is 0 Å². The van der Waals surface area contributed by atoms with Gasteiger partial charge in [0.1, 0.15) is 0 Å². The molecule has 0 aromatic heterocycles. The lowest BCUT2D eigenvalue weighted by Gasteiger charge is -2.23. The van der Waals surface area contributed by atoms with Gasteiger partial charge in [-0.1, -0.05) is 49.1 Å². The maximum absolute atomic E-state index is 11.8. The molecule has 0 atom stereocenters. The van der Waals surface area contributed by atoms with Gasteiger partial charge in [-0.15, -0.1) is 0 Å². The highest BCUT2D eigenvalue weighted by Crippen LogP contribution is 2.17. The Labute approximate surface area is 131 Å². The van der Waals surface area contributed by atoms with Gasteiger partial charge in [-0.05, 0) is 43.6 Å². The van der Waals surface area contributed by atoms with E-state index < -0.39 is 0 Å². The second kappa shape index (κ2) is 7.93. The van der Waals surface area contributed by atoms with Gasteiger partial charge in [0, 0.05) is 12.1 Å². The molecule has 0 saturated heterocycles. The minimum Gasteiger partial charge on any atom is -0.360 e. The predicted octanol–water partition coefficient (Wildman–Crippen LogP) is 3.33. The van der Waals surface area contributed by atoms with Gasteiger partial charge in [0.25, 0.3) is 0 Å². The average Bonchev–Trinajstić information content (AvgIpc) is 2.47. The van der Waals surface area contributed by atoms with Gasteiger partial charge in [0.05, 0.1) is 0 Å². The number of benzene rings is 1. The molecule has 0 heterocycles. The van der Waals surface area contributed by atoms with Crippen molar-refractivity contribution in [3.63, 3.8) is 0 Å². The quantitative estimate of drug-likeness (QED) is 0.665. The first kappa shape index (κ1) is 15.7. The van der Waals surface area contributed by atoms with Crippen LogP contribution >= 0.6 is 12.2 Å². The van der Waals surface area contributed by atoms with Crippen LogP contribution in [0.5, 0.6) is 0 Å². The van der Waals surface area contributed by atoms with E-state index in [4.69, 9.17) is 12.2 Å². The monoisotopic (exact) mass is 302 g/mol. The molecule has 21 heavy (non-hydrogen) atoms. The molecule has 2 rings (SSSR count). The molecule has 2 N–H and O–H groups in total. The van der Waals surface area contributed by atoms with E-state index in [0.29, 0.717) is 11.2 Å². The van der Waals surface area contributed by atoms with Gasteiger partial charge in [-0.3, -0.25) is 10.1 Å². The van der Waals surface area contributed by atoms with Crippen LogP contribution in [0.25, 0.3) is 6.08 Å². The smallest absolute Gasteiger partial charge is 0.250 e. The highest BCUT2D eigenvalue weighted by Gasteiger charge is 2.14. The Morgan fingerprint density at radius 1 is 1.19 bits per heavy atom. The van der Waals surface area contributed by atoms with Crippen LogP contribution in [-0.4, -0.2) is 17.1 Å². The van der Waals surface area contributed by atoms with E-state index in [-0.39, 0.29) is 5.91 Å². The molecule has 1 saturated carbocycles. The first-order chi connectivity index (χ1) is 10.1. The van der Waals surface area contributed by atoms with Crippen LogP contribution in [0.1, 0.15) is 43.2 Å². The van der Waals surface area contributed by atoms with Crippen LogP contribution in [0.3, 0.4) is 0 Å². The van der Waals surface area contributed by atoms with Crippen molar-refractivity contribution in [3.05, 3.63) is 41.5 Å². The van der Waals surface area contributed by atoms with Gasteiger partial charge >= 0.3 is 0 Å². The normalized spacial score (nSPS) is 15.9. The van der Waals surface area contributed by atoms with Crippen molar-refractivity contribution in [2.24, 2.45) is 0 Å². The van der Waals surface area contributed by atoms with E-state index in [9.17, 15) is 4.79 Å². The van der Waals surface area contributed by atoms with E-state index in [2.05, 4.69) is 10.6 Å². The summed E-state index contributed by atoms with van der Waals surface area (Å²) in [6.45, 7) is 2.04. The Balaban J connectivity index is 1.77. The number of hydrogen-bond donors (Lipinski definition) is 2. The lowest BCUT2D eigenvalue weighted by atomic mass is 9.96. The number of nitrogens with one attached hydrogen (secondary N) is 2. The average molecular weight is 302 g/mol. The molecule has 1 aliphatic rings. The summed E-state index contributed by atoms with van der Waals surface area (Å²) < 4.78 is 0. The minimum absolute atomic E-state index is 0.191. The number of carbonyl (C=O) groups is 1. The lowest BCUT2D eigenvalue weighted by molar-refractivity contribution is -0.115. The van der Waals surface area contributed by atoms with Crippen LogP contribution in [-0.2, 0) is 4.79 Å². The molecule has 1 aliphatic carbocycles. The third kappa shape index (κ3) is 5.68. The molecule has 112 valence electrons. The second-order valence-electron chi connectivity index (χ2n) is 5.54. The first-order valence-electron chi connectivity index (χ1n) is 7.50. The zero-order valence-corrected chi connectivity index (χ0v) is 13.2. The number of thiocarbonyl (C=S) groups is 1. The number of hydrogen-bond acceptors (Lipinski definition) is 2. The maximum Gasteiger partial charge on any atom is 0.250 e. The maximum atomic E-state index is 11.8. The van der Waals surface area contributed by atoms with Gasteiger partial charge in [0.2, 0.25) is 5.91 Å². The second-order valence-corrected chi connectivity index (χ2v) is 5.95. The van der Waals surface area contributed by atoms with Crippen LogP contribution in [0, 0.1) is 6.92 Å². The van der Waals surface area contributed by atoms with Crippen molar-refractivity contribution >= 4 is 29.3 Å². The number of amides is 1. The van der Waals surface area contributed by atoms with E-state index in [1.54, 1.807) is 6.08 Å². The van der Waals surface area contributed by atoms with Gasteiger partial charge in [0.15, 0.2) is 5.11 Å². The number of aryl methyl sites for hydroxylation is 1. The molecule has 3 nitrogen and oxygen atoms in total. The van der Waals surface area contributed by atoms with Crippen molar-refractivity contribution < 1.29 is 4.79 Å². The molecule has 4 heteroatoms. The molecule has 1 aromatic carbocycles. The molecule has 0 unspecified atom stereocenters. The summed E-state index contributed by atoms with van der Waals surface area (Å²) in [7, 11) is 0. The summed E-state index contributed by atoms with van der Waals surface area (Å²) in [6, 6.07) is 8.42. The highest BCUT2D eigenvalue weighted by atomic mass is 32.1. The molecule has 1 fully saturated rings. The van der Waals surface area contributed by atoms with Crippen molar-refractivity contribution in [1.29, 1.82) is 0 Å². The Morgan fingerprint density at radius 3 is 2.52 bits per heavy atom. The summed E-state index contributed by atoms with van der Waals surface area (Å²) in [5.74, 6) is -0.191. The number of carbonyl (C=O) groups excluding carboxylic acids is 1. The minimum atomic E-state index is -0.191. The summed E-state index contributed by atoms with van der Waals surface area (Å²) in [5.41, 5.74) is 2.20. The molecule has 1 aromatic rings. The Hall–Kier alpha value is -1.68. The summed E-state index contributed by atoms with van der Waals surface area (Å²) >= 11 is 5.18. The zero-order chi connectivity index (χ0) is 15.1. The van der Waals surface area contributed by atoms with Crippen molar-refractivity contribution in [1.82, 2.24) is 10.6 Å². The fourth-order valence-electron chi connectivity index (χ4n) is 2.47. The van der Waals surface area contributed by atoms with Crippen LogP contribution in [0.2, 0.25) is 0 Å². The Bertz CT molecular complexity index is 516. The molecule has 0 bridgehead atoms. The largest absolute Gasteiger partial charge is 0.360 e. The van der Waals surface area contributed by atoms with E-state index in [0.717, 1.165) is 18.4 Å². The third-order valence-corrected chi connectivity index (χ3v) is 3.90. The molecule has 0 radical (unpaired) electrons. The number of rotatable bonds is 3. The van der Waals surface area contributed by atoms with E-state index in [1.165, 1.54) is 30.9 Å². The summed E-state index contributed by atoms with van der Waals surface area (Å²) in [4.78, 5) is 11.8. The zero-order valence-electron chi connectivity index (χ0n) is 12.4. The fraction of sp³-hybridized carbons (Fsp3) is 0.412. The summed E-state index contributed by atoms with van der Waals surface area (Å²) in [5, 5.41) is 6.36. The summed E-state index contributed by atoms with van der Waals surface area (Å²) in [6.07, 6.45) is 9.35. The Kier molecular flexibility index (Phi) is 5.93. The standard InChI is InChI=1S/C17H22N2OS/c1-13-7-9-14(10-8-13)11-12-16(20)19-17(21)18-15-5-3-2-4-6-15/h7-12,15H,2-6H2,1H3,(H2,18,19,20,21)/b12-11+.